The van der Waals surface area contributed by atoms with Gasteiger partial charge in [0.25, 0.3) is 0 Å². The van der Waals surface area contributed by atoms with Gasteiger partial charge in [-0.15, -0.1) is 0 Å². The van der Waals surface area contributed by atoms with E-state index >= 15 is 0 Å². The summed E-state index contributed by atoms with van der Waals surface area (Å²) in [6.07, 6.45) is -2.19. The lowest BCUT2D eigenvalue weighted by atomic mass is 9.96. The first-order chi connectivity index (χ1) is 9.32. The Morgan fingerprint density at radius 1 is 1.30 bits per heavy atom. The molecule has 20 heavy (non-hydrogen) atoms. The third kappa shape index (κ3) is 4.63. The Morgan fingerprint density at radius 3 is 2.50 bits per heavy atom. The van der Waals surface area contributed by atoms with Crippen LogP contribution in [0.15, 0.2) is 18.2 Å². The van der Waals surface area contributed by atoms with Crippen molar-refractivity contribution < 1.29 is 24.9 Å². The summed E-state index contributed by atoms with van der Waals surface area (Å²) in [5.41, 5.74) is 0.930. The number of benzene rings is 1. The predicted molar refractivity (Wildman–Crippen MR) is 76.9 cm³/mol. The number of aliphatic hydroxyl groups is 2. The fourth-order valence-corrected chi connectivity index (χ4v) is 2.45. The minimum atomic E-state index is -1.28. The minimum Gasteiger partial charge on any atom is -0.478 e. The molecule has 1 aromatic carbocycles. The van der Waals surface area contributed by atoms with E-state index in [0.29, 0.717) is 5.75 Å². The molecule has 0 heterocycles. The summed E-state index contributed by atoms with van der Waals surface area (Å²) in [6.45, 7) is 3.18. The molecule has 1 aromatic rings. The number of carboxylic acids is 1. The Hall–Kier alpha value is -1.37. The summed E-state index contributed by atoms with van der Waals surface area (Å²) in [4.78, 5) is 21.9. The van der Waals surface area contributed by atoms with E-state index in [-0.39, 0.29) is 22.7 Å². The van der Waals surface area contributed by atoms with Crippen LogP contribution in [0.5, 0.6) is 0 Å². The quantitative estimate of drug-likeness (QED) is 0.740. The molecule has 0 radical (unpaired) electrons. The molecule has 0 saturated heterocycles. The molecule has 0 aliphatic heterocycles. The van der Waals surface area contributed by atoms with E-state index in [4.69, 9.17) is 5.11 Å². The molecule has 1 rings (SSSR count). The molecule has 0 aliphatic rings. The Bertz CT molecular complexity index is 500. The fourth-order valence-electron chi connectivity index (χ4n) is 1.80. The molecular formula is C14H18O5S. The highest BCUT2D eigenvalue weighted by Gasteiger charge is 2.23. The Kier molecular flexibility index (Phi) is 6.19. The molecule has 5 nitrogen and oxygen atoms in total. The molecule has 2 unspecified atom stereocenters. The molecule has 110 valence electrons. The molecule has 6 heteroatoms. The van der Waals surface area contributed by atoms with E-state index in [1.807, 2.05) is 0 Å². The van der Waals surface area contributed by atoms with E-state index in [1.54, 1.807) is 13.0 Å². The zero-order valence-electron chi connectivity index (χ0n) is 11.4. The first-order valence-electron chi connectivity index (χ1n) is 6.16. The second-order valence-corrected chi connectivity index (χ2v) is 5.81. The summed E-state index contributed by atoms with van der Waals surface area (Å²) < 4.78 is 0. The first-order valence-corrected chi connectivity index (χ1v) is 7.14. The SMILES string of the molecule is CC(=O)SCCC(O)C(O)c1ccc(C)cc1C(=O)O. The van der Waals surface area contributed by atoms with Crippen molar-refractivity contribution >= 4 is 22.8 Å². The summed E-state index contributed by atoms with van der Waals surface area (Å²) in [5.74, 6) is -0.769. The molecule has 0 amide bonds. The molecule has 0 aromatic heterocycles. The van der Waals surface area contributed by atoms with Crippen LogP contribution in [0.2, 0.25) is 0 Å². The lowest BCUT2D eigenvalue weighted by Gasteiger charge is -2.19. The van der Waals surface area contributed by atoms with Crippen LogP contribution >= 0.6 is 11.8 Å². The summed E-state index contributed by atoms with van der Waals surface area (Å²) >= 11 is 1.06. The number of thioether (sulfide) groups is 1. The number of carboxylic acid groups (broad SMARTS) is 1. The van der Waals surface area contributed by atoms with E-state index in [9.17, 15) is 19.8 Å². The molecule has 0 spiro atoms. The van der Waals surface area contributed by atoms with Crippen LogP contribution < -0.4 is 0 Å². The van der Waals surface area contributed by atoms with Crippen molar-refractivity contribution in [3.63, 3.8) is 0 Å². The smallest absolute Gasteiger partial charge is 0.336 e. The van der Waals surface area contributed by atoms with Crippen molar-refractivity contribution in [1.82, 2.24) is 0 Å². The van der Waals surface area contributed by atoms with E-state index in [1.165, 1.54) is 19.1 Å². The second-order valence-electron chi connectivity index (χ2n) is 4.54. The maximum Gasteiger partial charge on any atom is 0.336 e. The van der Waals surface area contributed by atoms with Crippen LogP contribution in [0.3, 0.4) is 0 Å². The van der Waals surface area contributed by atoms with Gasteiger partial charge in [-0.1, -0.05) is 29.5 Å². The highest BCUT2D eigenvalue weighted by atomic mass is 32.2. The molecular weight excluding hydrogens is 280 g/mol. The van der Waals surface area contributed by atoms with Gasteiger partial charge in [0.2, 0.25) is 0 Å². The number of aliphatic hydroxyl groups excluding tert-OH is 2. The molecule has 0 aliphatic carbocycles. The second kappa shape index (κ2) is 7.42. The summed E-state index contributed by atoms with van der Waals surface area (Å²) in [5, 5.41) is 29.0. The molecule has 0 fully saturated rings. The summed E-state index contributed by atoms with van der Waals surface area (Å²) in [6, 6.07) is 4.64. The van der Waals surface area contributed by atoms with Crippen LogP contribution in [0.25, 0.3) is 0 Å². The van der Waals surface area contributed by atoms with Crippen LogP contribution in [0.4, 0.5) is 0 Å². The average molecular weight is 298 g/mol. The van der Waals surface area contributed by atoms with Crippen molar-refractivity contribution in [2.24, 2.45) is 0 Å². The highest BCUT2D eigenvalue weighted by molar-refractivity contribution is 8.13. The molecule has 0 saturated carbocycles. The number of hydrogen-bond acceptors (Lipinski definition) is 5. The number of hydrogen-bond donors (Lipinski definition) is 3. The fraction of sp³-hybridized carbons (Fsp3) is 0.429. The third-order valence-corrected chi connectivity index (χ3v) is 3.69. The van der Waals surface area contributed by atoms with Crippen molar-refractivity contribution in [3.8, 4) is 0 Å². The van der Waals surface area contributed by atoms with Gasteiger partial charge in [-0.3, -0.25) is 4.79 Å². The predicted octanol–water partition coefficient (Wildman–Crippen LogP) is 1.76. The van der Waals surface area contributed by atoms with Gasteiger partial charge in [0.15, 0.2) is 5.12 Å². The van der Waals surface area contributed by atoms with Crippen LogP contribution in [-0.4, -0.2) is 38.3 Å². The Morgan fingerprint density at radius 2 is 1.95 bits per heavy atom. The maximum atomic E-state index is 11.2. The number of carbonyl (C=O) groups is 2. The average Bonchev–Trinajstić information content (AvgIpc) is 2.37. The lowest BCUT2D eigenvalue weighted by molar-refractivity contribution is -0.109. The minimum absolute atomic E-state index is 0.0178. The van der Waals surface area contributed by atoms with Gasteiger partial charge in [-0.25, -0.2) is 4.79 Å². The van der Waals surface area contributed by atoms with Gasteiger partial charge in [-0.05, 0) is 25.0 Å². The van der Waals surface area contributed by atoms with Gasteiger partial charge in [0.05, 0.1) is 11.7 Å². The molecule has 0 bridgehead atoms. The zero-order chi connectivity index (χ0) is 15.3. The van der Waals surface area contributed by atoms with Crippen LogP contribution in [-0.2, 0) is 4.79 Å². The van der Waals surface area contributed by atoms with Gasteiger partial charge in [0, 0.05) is 12.7 Å². The highest BCUT2D eigenvalue weighted by Crippen LogP contribution is 2.25. The van der Waals surface area contributed by atoms with Crippen molar-refractivity contribution in [1.29, 1.82) is 0 Å². The Balaban J connectivity index is 2.83. The molecule has 3 N–H and O–H groups in total. The number of carbonyl (C=O) groups excluding carboxylic acids is 1. The van der Waals surface area contributed by atoms with Crippen LogP contribution in [0.1, 0.15) is 40.9 Å². The Labute approximate surface area is 121 Å². The normalized spacial score (nSPS) is 13.8. The molecule has 2 atom stereocenters. The largest absolute Gasteiger partial charge is 0.478 e. The monoisotopic (exact) mass is 298 g/mol. The maximum absolute atomic E-state index is 11.2. The number of rotatable bonds is 6. The first kappa shape index (κ1) is 16.7. The van der Waals surface area contributed by atoms with Crippen molar-refractivity contribution in [2.75, 3.05) is 5.75 Å². The van der Waals surface area contributed by atoms with Gasteiger partial charge >= 0.3 is 5.97 Å². The standard InChI is InChI=1S/C14H18O5S/c1-8-3-4-10(11(7-8)14(18)19)13(17)12(16)5-6-20-9(2)15/h3-4,7,12-13,16-17H,5-6H2,1-2H3,(H,18,19). The third-order valence-electron chi connectivity index (χ3n) is 2.84. The van der Waals surface area contributed by atoms with Crippen molar-refractivity contribution in [3.05, 3.63) is 34.9 Å². The topological polar surface area (TPSA) is 94.8 Å². The van der Waals surface area contributed by atoms with Crippen molar-refractivity contribution in [2.45, 2.75) is 32.5 Å². The van der Waals surface area contributed by atoms with Gasteiger partial charge in [-0.2, -0.15) is 0 Å². The zero-order valence-corrected chi connectivity index (χ0v) is 12.2. The number of aromatic carboxylic acids is 1. The summed E-state index contributed by atoms with van der Waals surface area (Å²) in [7, 11) is 0. The number of aryl methyl sites for hydroxylation is 1. The van der Waals surface area contributed by atoms with Crippen LogP contribution in [0, 0.1) is 6.92 Å². The van der Waals surface area contributed by atoms with E-state index in [0.717, 1.165) is 17.3 Å². The van der Waals surface area contributed by atoms with E-state index < -0.39 is 18.2 Å². The van der Waals surface area contributed by atoms with Gasteiger partial charge in [0.1, 0.15) is 6.10 Å². The van der Waals surface area contributed by atoms with Gasteiger partial charge < -0.3 is 15.3 Å². The van der Waals surface area contributed by atoms with E-state index in [2.05, 4.69) is 0 Å². The lowest BCUT2D eigenvalue weighted by Crippen LogP contribution is -2.21.